The molecular formula is C17H11NO2. The fourth-order valence-electron chi connectivity index (χ4n) is 2.80. The Kier molecular flexibility index (Phi) is 2.18. The van der Waals surface area contributed by atoms with E-state index in [2.05, 4.69) is 4.98 Å². The third-order valence-corrected chi connectivity index (χ3v) is 3.76. The van der Waals surface area contributed by atoms with Crippen molar-refractivity contribution in [3.63, 3.8) is 0 Å². The highest BCUT2D eigenvalue weighted by molar-refractivity contribution is 6.27. The Bertz CT molecular complexity index is 868. The summed E-state index contributed by atoms with van der Waals surface area (Å²) in [7, 11) is 1.60. The Hall–Kier alpha value is -2.68. The van der Waals surface area contributed by atoms with Crippen molar-refractivity contribution >= 4 is 16.7 Å². The van der Waals surface area contributed by atoms with E-state index in [-0.39, 0.29) is 5.78 Å². The summed E-state index contributed by atoms with van der Waals surface area (Å²) in [6, 6.07) is 13.3. The minimum absolute atomic E-state index is 0.0486. The fourth-order valence-corrected chi connectivity index (χ4v) is 2.80. The first-order valence-corrected chi connectivity index (χ1v) is 6.40. The summed E-state index contributed by atoms with van der Waals surface area (Å²) in [5.41, 5.74) is 4.13. The summed E-state index contributed by atoms with van der Waals surface area (Å²) in [6.07, 6.45) is 1.79. The van der Waals surface area contributed by atoms with Crippen molar-refractivity contribution < 1.29 is 9.53 Å². The van der Waals surface area contributed by atoms with E-state index in [1.54, 1.807) is 19.4 Å². The van der Waals surface area contributed by atoms with Gasteiger partial charge in [0, 0.05) is 28.3 Å². The second kappa shape index (κ2) is 3.90. The number of rotatable bonds is 1. The number of fused-ring (bicyclic) bond motifs is 5. The summed E-state index contributed by atoms with van der Waals surface area (Å²) in [5, 5.41) is 0.908. The molecule has 1 aliphatic carbocycles. The van der Waals surface area contributed by atoms with Crippen LogP contribution in [-0.2, 0) is 0 Å². The number of aromatic nitrogens is 1. The molecule has 0 spiro atoms. The lowest BCUT2D eigenvalue weighted by atomic mass is 10.0. The average Bonchev–Trinajstić information content (AvgIpc) is 2.80. The maximum Gasteiger partial charge on any atom is 0.195 e. The maximum atomic E-state index is 12.7. The number of hydrogen-bond acceptors (Lipinski definition) is 3. The van der Waals surface area contributed by atoms with E-state index in [0.29, 0.717) is 11.3 Å². The third kappa shape index (κ3) is 1.35. The van der Waals surface area contributed by atoms with Crippen molar-refractivity contribution in [2.45, 2.75) is 0 Å². The average molecular weight is 261 g/mol. The van der Waals surface area contributed by atoms with Gasteiger partial charge in [-0.05, 0) is 29.8 Å². The van der Waals surface area contributed by atoms with E-state index in [1.807, 2.05) is 36.4 Å². The van der Waals surface area contributed by atoms with Crippen molar-refractivity contribution in [1.82, 2.24) is 4.98 Å². The molecule has 0 aliphatic heterocycles. The van der Waals surface area contributed by atoms with Crippen LogP contribution in [0.5, 0.6) is 5.75 Å². The lowest BCUT2D eigenvalue weighted by molar-refractivity contribution is 0.104. The maximum absolute atomic E-state index is 12.7. The predicted molar refractivity (Wildman–Crippen MR) is 77.2 cm³/mol. The normalized spacial score (nSPS) is 12.3. The Morgan fingerprint density at radius 2 is 1.85 bits per heavy atom. The summed E-state index contributed by atoms with van der Waals surface area (Å²) < 4.78 is 5.21. The summed E-state index contributed by atoms with van der Waals surface area (Å²) in [5.74, 6) is 0.745. The summed E-state index contributed by atoms with van der Waals surface area (Å²) in [4.78, 5) is 17.1. The van der Waals surface area contributed by atoms with Gasteiger partial charge < -0.3 is 4.74 Å². The molecule has 3 nitrogen and oxygen atoms in total. The zero-order chi connectivity index (χ0) is 13.7. The quantitative estimate of drug-likeness (QED) is 0.526. The van der Waals surface area contributed by atoms with Crippen LogP contribution in [0.25, 0.3) is 22.0 Å². The molecule has 0 bridgehead atoms. The van der Waals surface area contributed by atoms with Gasteiger partial charge in [0.05, 0.1) is 12.6 Å². The van der Waals surface area contributed by atoms with Crippen LogP contribution < -0.4 is 4.74 Å². The Morgan fingerprint density at radius 3 is 2.70 bits per heavy atom. The van der Waals surface area contributed by atoms with Crippen molar-refractivity contribution in [3.8, 4) is 16.9 Å². The van der Waals surface area contributed by atoms with Crippen LogP contribution in [0.15, 0.2) is 48.7 Å². The van der Waals surface area contributed by atoms with Gasteiger partial charge in [0.25, 0.3) is 0 Å². The third-order valence-electron chi connectivity index (χ3n) is 3.76. The number of para-hydroxylation sites is 1. The highest BCUT2D eigenvalue weighted by Gasteiger charge is 2.29. The molecule has 3 heteroatoms. The van der Waals surface area contributed by atoms with Crippen molar-refractivity contribution in [3.05, 3.63) is 59.8 Å². The number of pyridine rings is 1. The molecule has 1 heterocycles. The van der Waals surface area contributed by atoms with Gasteiger partial charge in [-0.25, -0.2) is 0 Å². The molecule has 2 aromatic carbocycles. The first kappa shape index (κ1) is 11.2. The Morgan fingerprint density at radius 1 is 1.00 bits per heavy atom. The number of methoxy groups -OCH3 is 1. The van der Waals surface area contributed by atoms with Gasteiger partial charge in [-0.15, -0.1) is 0 Å². The van der Waals surface area contributed by atoms with Crippen LogP contribution in [0, 0.1) is 0 Å². The van der Waals surface area contributed by atoms with E-state index in [1.165, 1.54) is 0 Å². The lowest BCUT2D eigenvalue weighted by Gasteiger charge is -2.03. The molecule has 0 atom stereocenters. The van der Waals surface area contributed by atoms with Crippen LogP contribution >= 0.6 is 0 Å². The largest absolute Gasteiger partial charge is 0.497 e. The monoisotopic (exact) mass is 261 g/mol. The van der Waals surface area contributed by atoms with Gasteiger partial charge in [-0.3, -0.25) is 9.78 Å². The van der Waals surface area contributed by atoms with Crippen LogP contribution in [0.2, 0.25) is 0 Å². The molecule has 20 heavy (non-hydrogen) atoms. The first-order valence-electron chi connectivity index (χ1n) is 6.40. The zero-order valence-electron chi connectivity index (χ0n) is 10.9. The van der Waals surface area contributed by atoms with E-state index < -0.39 is 0 Å². The SMILES string of the molecule is COc1ccc2c(c1)C(=O)c1c-2cnc2ccccc12. The van der Waals surface area contributed by atoms with Gasteiger partial charge >= 0.3 is 0 Å². The summed E-state index contributed by atoms with van der Waals surface area (Å²) in [6.45, 7) is 0. The van der Waals surface area contributed by atoms with Crippen LogP contribution in [0.1, 0.15) is 15.9 Å². The first-order chi connectivity index (χ1) is 9.79. The number of carbonyl (C=O) groups excluding carboxylic acids is 1. The van der Waals surface area contributed by atoms with Gasteiger partial charge in [-0.1, -0.05) is 18.2 Å². The second-order valence-corrected chi connectivity index (χ2v) is 4.80. The molecule has 0 N–H and O–H groups in total. The van der Waals surface area contributed by atoms with Gasteiger partial charge in [0.2, 0.25) is 0 Å². The van der Waals surface area contributed by atoms with Crippen molar-refractivity contribution in [1.29, 1.82) is 0 Å². The van der Waals surface area contributed by atoms with Crippen LogP contribution in [-0.4, -0.2) is 17.9 Å². The standard InChI is InChI=1S/C17H11NO2/c1-20-10-6-7-11-13(8-10)17(19)16-12-4-2-3-5-15(12)18-9-14(11)16/h2-9H,1H3. The van der Waals surface area contributed by atoms with Crippen molar-refractivity contribution in [2.75, 3.05) is 7.11 Å². The number of nitrogens with zero attached hydrogens (tertiary/aromatic N) is 1. The summed E-state index contributed by atoms with van der Waals surface area (Å²) >= 11 is 0. The molecule has 96 valence electrons. The molecule has 0 fully saturated rings. The molecule has 0 radical (unpaired) electrons. The minimum atomic E-state index is 0.0486. The lowest BCUT2D eigenvalue weighted by Crippen LogP contribution is -1.97. The molecular weight excluding hydrogens is 250 g/mol. The molecule has 1 aromatic heterocycles. The highest BCUT2D eigenvalue weighted by atomic mass is 16.5. The molecule has 4 rings (SSSR count). The van der Waals surface area contributed by atoms with Gasteiger partial charge in [-0.2, -0.15) is 0 Å². The second-order valence-electron chi connectivity index (χ2n) is 4.80. The number of carbonyl (C=O) groups is 1. The highest BCUT2D eigenvalue weighted by Crippen LogP contribution is 2.40. The zero-order valence-corrected chi connectivity index (χ0v) is 10.9. The number of benzene rings is 2. The Balaban J connectivity index is 2.07. The van der Waals surface area contributed by atoms with Gasteiger partial charge in [0.1, 0.15) is 5.75 Å². The predicted octanol–water partition coefficient (Wildman–Crippen LogP) is 3.45. The van der Waals surface area contributed by atoms with Gasteiger partial charge in [0.15, 0.2) is 5.78 Å². The molecule has 0 amide bonds. The number of ether oxygens (including phenoxy) is 1. The van der Waals surface area contributed by atoms with Crippen molar-refractivity contribution in [2.24, 2.45) is 0 Å². The topological polar surface area (TPSA) is 39.2 Å². The number of ketones is 1. The van der Waals surface area contributed by atoms with E-state index in [9.17, 15) is 4.79 Å². The van der Waals surface area contributed by atoms with E-state index in [4.69, 9.17) is 4.74 Å². The molecule has 0 unspecified atom stereocenters. The molecule has 3 aromatic rings. The molecule has 1 aliphatic rings. The Labute approximate surface area is 115 Å². The fraction of sp³-hybridized carbons (Fsp3) is 0.0588. The van der Waals surface area contributed by atoms with E-state index >= 15 is 0 Å². The van der Waals surface area contributed by atoms with E-state index in [0.717, 1.165) is 27.6 Å². The van der Waals surface area contributed by atoms with Crippen LogP contribution in [0.4, 0.5) is 0 Å². The molecule has 0 saturated carbocycles. The van der Waals surface area contributed by atoms with Crippen LogP contribution in [0.3, 0.4) is 0 Å². The number of hydrogen-bond donors (Lipinski definition) is 0. The molecule has 0 saturated heterocycles. The minimum Gasteiger partial charge on any atom is -0.497 e. The smallest absolute Gasteiger partial charge is 0.195 e.